The third kappa shape index (κ3) is 2.94. The van der Waals surface area contributed by atoms with Crippen molar-refractivity contribution in [1.82, 2.24) is 0 Å². The van der Waals surface area contributed by atoms with Gasteiger partial charge in [0.1, 0.15) is 12.2 Å². The summed E-state index contributed by atoms with van der Waals surface area (Å²) in [6, 6.07) is 11.7. The molecule has 0 aliphatic carbocycles. The van der Waals surface area contributed by atoms with Crippen LogP contribution in [0.1, 0.15) is 21.5 Å². The van der Waals surface area contributed by atoms with Crippen LogP contribution in [-0.2, 0) is 11.3 Å². The number of aryl methyl sites for hydroxylation is 1. The monoisotopic (exact) mass is 338 g/mol. The van der Waals surface area contributed by atoms with E-state index >= 15 is 0 Å². The Hall–Kier alpha value is -3.28. The first-order chi connectivity index (χ1) is 12.1. The molecular formula is C19H14O6. The molecule has 4 rings (SSSR count). The molecule has 0 unspecified atom stereocenters. The van der Waals surface area contributed by atoms with E-state index in [2.05, 4.69) is 0 Å². The summed E-state index contributed by atoms with van der Waals surface area (Å²) in [5.41, 5.74) is 1.92. The van der Waals surface area contributed by atoms with Crippen molar-refractivity contribution in [3.8, 4) is 11.5 Å². The van der Waals surface area contributed by atoms with Crippen molar-refractivity contribution < 1.29 is 23.4 Å². The number of esters is 1. The second kappa shape index (κ2) is 5.98. The second-order valence-electron chi connectivity index (χ2n) is 5.73. The Morgan fingerprint density at radius 3 is 2.80 bits per heavy atom. The summed E-state index contributed by atoms with van der Waals surface area (Å²) in [5.74, 6) is 0.598. The summed E-state index contributed by atoms with van der Waals surface area (Å²) in [4.78, 5) is 24.0. The first-order valence-corrected chi connectivity index (χ1v) is 7.70. The molecule has 6 nitrogen and oxygen atoms in total. The smallest absolute Gasteiger partial charge is 0.338 e. The zero-order valence-corrected chi connectivity index (χ0v) is 13.4. The fourth-order valence-corrected chi connectivity index (χ4v) is 2.71. The SMILES string of the molecule is Cc1ccc2c(COC(=O)c3ccc4c(c3)OCO4)cc(=O)oc2c1. The highest BCUT2D eigenvalue weighted by molar-refractivity contribution is 5.90. The third-order valence-electron chi connectivity index (χ3n) is 3.95. The van der Waals surface area contributed by atoms with Crippen LogP contribution in [0.3, 0.4) is 0 Å². The van der Waals surface area contributed by atoms with Gasteiger partial charge in [0.15, 0.2) is 11.5 Å². The molecule has 1 aliphatic rings. The largest absolute Gasteiger partial charge is 0.457 e. The molecule has 126 valence electrons. The van der Waals surface area contributed by atoms with E-state index in [1.807, 2.05) is 19.1 Å². The molecule has 2 aromatic carbocycles. The molecule has 0 fully saturated rings. The zero-order valence-electron chi connectivity index (χ0n) is 13.4. The number of carbonyl (C=O) groups excluding carboxylic acids is 1. The third-order valence-corrected chi connectivity index (χ3v) is 3.95. The predicted octanol–water partition coefficient (Wildman–Crippen LogP) is 3.19. The van der Waals surface area contributed by atoms with E-state index in [0.717, 1.165) is 10.9 Å². The maximum Gasteiger partial charge on any atom is 0.338 e. The molecule has 0 radical (unpaired) electrons. The van der Waals surface area contributed by atoms with E-state index in [0.29, 0.717) is 28.2 Å². The molecule has 0 spiro atoms. The van der Waals surface area contributed by atoms with E-state index in [9.17, 15) is 9.59 Å². The minimum absolute atomic E-state index is 0.0293. The van der Waals surface area contributed by atoms with Crippen LogP contribution in [0.2, 0.25) is 0 Å². The molecule has 25 heavy (non-hydrogen) atoms. The van der Waals surface area contributed by atoms with Gasteiger partial charge in [0.05, 0.1) is 5.56 Å². The fourth-order valence-electron chi connectivity index (χ4n) is 2.71. The maximum absolute atomic E-state index is 12.3. The first-order valence-electron chi connectivity index (χ1n) is 7.70. The number of rotatable bonds is 3. The van der Waals surface area contributed by atoms with Crippen molar-refractivity contribution in [3.63, 3.8) is 0 Å². The van der Waals surface area contributed by atoms with E-state index in [1.165, 1.54) is 6.07 Å². The molecule has 0 atom stereocenters. The van der Waals surface area contributed by atoms with Gasteiger partial charge in [0, 0.05) is 17.0 Å². The highest BCUT2D eigenvalue weighted by Gasteiger charge is 2.17. The second-order valence-corrected chi connectivity index (χ2v) is 5.73. The van der Waals surface area contributed by atoms with Crippen LogP contribution < -0.4 is 15.1 Å². The van der Waals surface area contributed by atoms with Crippen molar-refractivity contribution in [2.75, 3.05) is 6.79 Å². The maximum atomic E-state index is 12.3. The molecule has 6 heteroatoms. The topological polar surface area (TPSA) is 75.0 Å². The minimum atomic E-state index is -0.508. The Morgan fingerprint density at radius 1 is 1.08 bits per heavy atom. The Kier molecular flexibility index (Phi) is 3.65. The van der Waals surface area contributed by atoms with Gasteiger partial charge in [0.2, 0.25) is 6.79 Å². The average molecular weight is 338 g/mol. The first kappa shape index (κ1) is 15.3. The van der Waals surface area contributed by atoms with Gasteiger partial charge < -0.3 is 18.6 Å². The van der Waals surface area contributed by atoms with Crippen molar-refractivity contribution in [2.45, 2.75) is 13.5 Å². The lowest BCUT2D eigenvalue weighted by molar-refractivity contribution is 0.0473. The summed E-state index contributed by atoms with van der Waals surface area (Å²) >= 11 is 0. The van der Waals surface area contributed by atoms with E-state index in [-0.39, 0.29) is 13.4 Å². The molecule has 0 amide bonds. The Bertz CT molecular complexity index is 1030. The molecule has 1 aliphatic heterocycles. The van der Waals surface area contributed by atoms with Crippen LogP contribution in [0.5, 0.6) is 11.5 Å². The van der Waals surface area contributed by atoms with Gasteiger partial charge in [-0.15, -0.1) is 0 Å². The van der Waals surface area contributed by atoms with E-state index < -0.39 is 11.6 Å². The zero-order chi connectivity index (χ0) is 17.4. The highest BCUT2D eigenvalue weighted by Crippen LogP contribution is 2.32. The lowest BCUT2D eigenvalue weighted by atomic mass is 10.1. The standard InChI is InChI=1S/C19H14O6/c1-11-2-4-14-13(8-18(20)25-16(14)6-11)9-22-19(21)12-3-5-15-17(7-12)24-10-23-15/h2-8H,9-10H2,1H3. The van der Waals surface area contributed by atoms with Crippen LogP contribution in [0.25, 0.3) is 11.0 Å². The molecular weight excluding hydrogens is 324 g/mol. The summed E-state index contributed by atoms with van der Waals surface area (Å²) in [6.45, 7) is 2.02. The van der Waals surface area contributed by atoms with Crippen molar-refractivity contribution in [2.24, 2.45) is 0 Å². The Balaban J connectivity index is 1.58. The Labute approximate surface area is 142 Å². The van der Waals surface area contributed by atoms with Gasteiger partial charge in [-0.1, -0.05) is 12.1 Å². The lowest BCUT2D eigenvalue weighted by Crippen LogP contribution is -2.08. The molecule has 0 N–H and O–H groups in total. The summed E-state index contributed by atoms with van der Waals surface area (Å²) < 4.78 is 21.0. The summed E-state index contributed by atoms with van der Waals surface area (Å²) in [5, 5.41) is 0.740. The minimum Gasteiger partial charge on any atom is -0.457 e. The van der Waals surface area contributed by atoms with Crippen LogP contribution in [0.4, 0.5) is 0 Å². The predicted molar refractivity (Wildman–Crippen MR) is 88.9 cm³/mol. The molecule has 0 saturated heterocycles. The van der Waals surface area contributed by atoms with Crippen molar-refractivity contribution in [3.05, 3.63) is 69.6 Å². The highest BCUT2D eigenvalue weighted by atomic mass is 16.7. The van der Waals surface area contributed by atoms with Gasteiger partial charge in [-0.3, -0.25) is 0 Å². The molecule has 0 bridgehead atoms. The molecule has 1 aromatic heterocycles. The number of hydrogen-bond donors (Lipinski definition) is 0. The number of hydrogen-bond acceptors (Lipinski definition) is 6. The number of ether oxygens (including phenoxy) is 3. The van der Waals surface area contributed by atoms with E-state index in [4.69, 9.17) is 18.6 Å². The fraction of sp³-hybridized carbons (Fsp3) is 0.158. The average Bonchev–Trinajstić information content (AvgIpc) is 3.06. The lowest BCUT2D eigenvalue weighted by Gasteiger charge is -2.08. The van der Waals surface area contributed by atoms with Gasteiger partial charge >= 0.3 is 11.6 Å². The number of carbonyl (C=O) groups is 1. The van der Waals surface area contributed by atoms with Gasteiger partial charge in [-0.2, -0.15) is 0 Å². The van der Waals surface area contributed by atoms with Crippen molar-refractivity contribution >= 4 is 16.9 Å². The molecule has 3 aromatic rings. The Morgan fingerprint density at radius 2 is 1.92 bits per heavy atom. The van der Waals surface area contributed by atoms with Crippen LogP contribution in [0, 0.1) is 6.92 Å². The van der Waals surface area contributed by atoms with Crippen molar-refractivity contribution in [1.29, 1.82) is 0 Å². The normalized spacial score (nSPS) is 12.4. The molecule has 2 heterocycles. The van der Waals surface area contributed by atoms with Gasteiger partial charge in [-0.25, -0.2) is 9.59 Å². The number of benzene rings is 2. The quantitative estimate of drug-likeness (QED) is 0.539. The van der Waals surface area contributed by atoms with Crippen LogP contribution >= 0.6 is 0 Å². The van der Waals surface area contributed by atoms with Crippen LogP contribution in [-0.4, -0.2) is 12.8 Å². The van der Waals surface area contributed by atoms with Gasteiger partial charge in [-0.05, 0) is 36.8 Å². The van der Waals surface area contributed by atoms with Crippen LogP contribution in [0.15, 0.2) is 51.7 Å². The van der Waals surface area contributed by atoms with E-state index in [1.54, 1.807) is 24.3 Å². The van der Waals surface area contributed by atoms with Gasteiger partial charge in [0.25, 0.3) is 0 Å². The summed E-state index contributed by atoms with van der Waals surface area (Å²) in [6.07, 6.45) is 0. The number of fused-ring (bicyclic) bond motifs is 2. The summed E-state index contributed by atoms with van der Waals surface area (Å²) in [7, 11) is 0. The molecule has 0 saturated carbocycles.